The molecule has 4 rings (SSSR count). The third-order valence-electron chi connectivity index (χ3n) is 5.63. The zero-order valence-electron chi connectivity index (χ0n) is 13.7. The van der Waals surface area contributed by atoms with E-state index in [0.717, 1.165) is 30.6 Å². The SMILES string of the molecule is Cc1ncccc1C1(O)CC2CCC(C1)N2Cc1ccccc1. The maximum Gasteiger partial charge on any atom is 0.0943 e. The van der Waals surface area contributed by atoms with Gasteiger partial charge in [0.25, 0.3) is 0 Å². The van der Waals surface area contributed by atoms with Crippen LogP contribution in [-0.4, -0.2) is 27.1 Å². The van der Waals surface area contributed by atoms with E-state index in [-0.39, 0.29) is 0 Å². The number of hydrogen-bond acceptors (Lipinski definition) is 3. The van der Waals surface area contributed by atoms with Crippen molar-refractivity contribution >= 4 is 0 Å². The number of rotatable bonds is 3. The molecule has 1 aromatic carbocycles. The van der Waals surface area contributed by atoms with Gasteiger partial charge in [-0.25, -0.2) is 0 Å². The van der Waals surface area contributed by atoms with E-state index in [9.17, 15) is 5.11 Å². The van der Waals surface area contributed by atoms with Crippen molar-refractivity contribution in [2.75, 3.05) is 0 Å². The summed E-state index contributed by atoms with van der Waals surface area (Å²) in [6, 6.07) is 15.6. The van der Waals surface area contributed by atoms with E-state index >= 15 is 0 Å². The van der Waals surface area contributed by atoms with E-state index in [2.05, 4.69) is 46.3 Å². The molecule has 1 aromatic heterocycles. The third-order valence-corrected chi connectivity index (χ3v) is 5.63. The molecule has 2 unspecified atom stereocenters. The molecule has 1 N–H and O–H groups in total. The van der Waals surface area contributed by atoms with Crippen molar-refractivity contribution in [3.63, 3.8) is 0 Å². The summed E-state index contributed by atoms with van der Waals surface area (Å²) in [6.07, 6.45) is 5.84. The van der Waals surface area contributed by atoms with Crippen molar-refractivity contribution in [2.45, 2.75) is 56.8 Å². The van der Waals surface area contributed by atoms with Gasteiger partial charge in [0.2, 0.25) is 0 Å². The first-order chi connectivity index (χ1) is 11.2. The Labute approximate surface area is 138 Å². The molecule has 0 aliphatic carbocycles. The molecule has 2 aliphatic rings. The maximum atomic E-state index is 11.3. The van der Waals surface area contributed by atoms with Crippen molar-refractivity contribution in [3.05, 3.63) is 65.5 Å². The fraction of sp³-hybridized carbons (Fsp3) is 0.450. The number of aliphatic hydroxyl groups is 1. The molecule has 3 nitrogen and oxygen atoms in total. The minimum atomic E-state index is -0.711. The maximum absolute atomic E-state index is 11.3. The number of piperidine rings is 1. The predicted molar refractivity (Wildman–Crippen MR) is 90.9 cm³/mol. The summed E-state index contributed by atoms with van der Waals surface area (Å²) in [5.41, 5.74) is 2.65. The molecule has 120 valence electrons. The molecule has 0 spiro atoms. The highest BCUT2D eigenvalue weighted by molar-refractivity contribution is 5.28. The topological polar surface area (TPSA) is 36.4 Å². The molecule has 23 heavy (non-hydrogen) atoms. The molecule has 2 atom stereocenters. The molecule has 0 saturated carbocycles. The van der Waals surface area contributed by atoms with Gasteiger partial charge in [-0.15, -0.1) is 0 Å². The highest BCUT2D eigenvalue weighted by atomic mass is 16.3. The van der Waals surface area contributed by atoms with Gasteiger partial charge in [-0.2, -0.15) is 0 Å². The molecule has 0 radical (unpaired) electrons. The van der Waals surface area contributed by atoms with E-state index in [1.54, 1.807) is 6.20 Å². The zero-order valence-corrected chi connectivity index (χ0v) is 13.7. The van der Waals surface area contributed by atoms with Crippen molar-refractivity contribution in [2.24, 2.45) is 0 Å². The Balaban J connectivity index is 1.57. The highest BCUT2D eigenvalue weighted by Gasteiger charge is 2.48. The number of aromatic nitrogens is 1. The van der Waals surface area contributed by atoms with Crippen LogP contribution in [0.2, 0.25) is 0 Å². The number of nitrogens with zero attached hydrogens (tertiary/aromatic N) is 2. The Hall–Kier alpha value is -1.71. The monoisotopic (exact) mass is 308 g/mol. The second kappa shape index (κ2) is 5.73. The quantitative estimate of drug-likeness (QED) is 0.944. The van der Waals surface area contributed by atoms with Crippen LogP contribution >= 0.6 is 0 Å². The zero-order chi connectivity index (χ0) is 15.9. The van der Waals surface area contributed by atoms with Gasteiger partial charge in [0, 0.05) is 36.1 Å². The van der Waals surface area contributed by atoms with Gasteiger partial charge in [0.1, 0.15) is 0 Å². The fourth-order valence-electron chi connectivity index (χ4n) is 4.56. The van der Waals surface area contributed by atoms with Crippen LogP contribution < -0.4 is 0 Å². The van der Waals surface area contributed by atoms with Crippen LogP contribution in [0, 0.1) is 6.92 Å². The summed E-state index contributed by atoms with van der Waals surface area (Å²) in [6.45, 7) is 3.00. The number of benzene rings is 1. The Morgan fingerprint density at radius 1 is 1.09 bits per heavy atom. The van der Waals surface area contributed by atoms with E-state index in [1.807, 2.05) is 13.0 Å². The smallest absolute Gasteiger partial charge is 0.0943 e. The lowest BCUT2D eigenvalue weighted by Gasteiger charge is -2.44. The van der Waals surface area contributed by atoms with Crippen LogP contribution in [0.5, 0.6) is 0 Å². The molecule has 2 aliphatic heterocycles. The Morgan fingerprint density at radius 3 is 2.43 bits per heavy atom. The molecule has 2 bridgehead atoms. The van der Waals surface area contributed by atoms with E-state index in [4.69, 9.17) is 0 Å². The van der Waals surface area contributed by atoms with Gasteiger partial charge in [-0.3, -0.25) is 9.88 Å². The fourth-order valence-corrected chi connectivity index (χ4v) is 4.56. The van der Waals surface area contributed by atoms with Crippen molar-refractivity contribution in [3.8, 4) is 0 Å². The van der Waals surface area contributed by atoms with Gasteiger partial charge in [-0.05, 0) is 44.2 Å². The van der Waals surface area contributed by atoms with Gasteiger partial charge in [0.05, 0.1) is 5.60 Å². The first kappa shape index (κ1) is 14.9. The van der Waals surface area contributed by atoms with Crippen LogP contribution in [0.15, 0.2) is 48.7 Å². The third kappa shape index (κ3) is 2.68. The Morgan fingerprint density at radius 2 is 1.78 bits per heavy atom. The molecule has 0 amide bonds. The average Bonchev–Trinajstić information content (AvgIpc) is 2.80. The lowest BCUT2D eigenvalue weighted by atomic mass is 9.79. The highest BCUT2D eigenvalue weighted by Crippen LogP contribution is 2.46. The lowest BCUT2D eigenvalue weighted by molar-refractivity contribution is -0.0601. The average molecular weight is 308 g/mol. The summed E-state index contributed by atoms with van der Waals surface area (Å²) in [5.74, 6) is 0. The Kier molecular flexibility index (Phi) is 3.70. The molecule has 2 fully saturated rings. The van der Waals surface area contributed by atoms with Crippen LogP contribution in [0.4, 0.5) is 0 Å². The Bertz CT molecular complexity index is 671. The first-order valence-corrected chi connectivity index (χ1v) is 8.60. The predicted octanol–water partition coefficient (Wildman–Crippen LogP) is 3.40. The molecular weight excluding hydrogens is 284 g/mol. The summed E-state index contributed by atoms with van der Waals surface area (Å²) in [7, 11) is 0. The van der Waals surface area contributed by atoms with E-state index in [0.29, 0.717) is 12.1 Å². The second-order valence-corrected chi connectivity index (χ2v) is 7.12. The number of fused-ring (bicyclic) bond motifs is 2. The van der Waals surface area contributed by atoms with Crippen LogP contribution in [0.1, 0.15) is 42.5 Å². The second-order valence-electron chi connectivity index (χ2n) is 7.12. The van der Waals surface area contributed by atoms with Crippen molar-refractivity contribution < 1.29 is 5.11 Å². The molecule has 3 heterocycles. The van der Waals surface area contributed by atoms with Crippen LogP contribution in [0.25, 0.3) is 0 Å². The van der Waals surface area contributed by atoms with Crippen molar-refractivity contribution in [1.82, 2.24) is 9.88 Å². The van der Waals surface area contributed by atoms with E-state index in [1.165, 1.54) is 18.4 Å². The standard InChI is InChI=1S/C20H24N2O/c1-15-19(8-5-11-21-15)20(23)12-17-9-10-18(13-20)22(17)14-16-6-3-2-4-7-16/h2-8,11,17-18,23H,9-10,12-14H2,1H3. The summed E-state index contributed by atoms with van der Waals surface area (Å²) in [4.78, 5) is 6.99. The van der Waals surface area contributed by atoms with Crippen molar-refractivity contribution in [1.29, 1.82) is 0 Å². The molecule has 2 aromatic rings. The first-order valence-electron chi connectivity index (χ1n) is 8.60. The molecular formula is C20H24N2O. The minimum Gasteiger partial charge on any atom is -0.385 e. The largest absolute Gasteiger partial charge is 0.385 e. The van der Waals surface area contributed by atoms with Gasteiger partial charge < -0.3 is 5.11 Å². The number of aryl methyl sites for hydroxylation is 1. The summed E-state index contributed by atoms with van der Waals surface area (Å²) >= 11 is 0. The normalized spacial score (nSPS) is 30.5. The van der Waals surface area contributed by atoms with Crippen LogP contribution in [0.3, 0.4) is 0 Å². The van der Waals surface area contributed by atoms with E-state index < -0.39 is 5.60 Å². The van der Waals surface area contributed by atoms with Crippen LogP contribution in [-0.2, 0) is 12.1 Å². The van der Waals surface area contributed by atoms with Gasteiger partial charge in [0.15, 0.2) is 0 Å². The molecule has 3 heteroatoms. The lowest BCUT2D eigenvalue weighted by Crippen LogP contribution is -2.49. The number of pyridine rings is 1. The number of hydrogen-bond donors (Lipinski definition) is 1. The minimum absolute atomic E-state index is 0.471. The summed E-state index contributed by atoms with van der Waals surface area (Å²) in [5, 5.41) is 11.3. The van der Waals surface area contributed by atoms with Gasteiger partial charge >= 0.3 is 0 Å². The summed E-state index contributed by atoms with van der Waals surface area (Å²) < 4.78 is 0. The molecule has 2 saturated heterocycles. The van der Waals surface area contributed by atoms with Gasteiger partial charge in [-0.1, -0.05) is 36.4 Å².